The van der Waals surface area contributed by atoms with Gasteiger partial charge in [0.25, 0.3) is 5.91 Å². The molecule has 3 aromatic heterocycles. The van der Waals surface area contributed by atoms with Gasteiger partial charge in [0.1, 0.15) is 35.5 Å². The van der Waals surface area contributed by atoms with E-state index in [2.05, 4.69) is 51.7 Å². The number of hydrogen-bond acceptors (Lipinski definition) is 9. The number of ether oxygens (including phenoxy) is 2. The maximum atomic E-state index is 13.5. The second kappa shape index (κ2) is 15.3. The molecule has 0 radical (unpaired) electrons. The van der Waals surface area contributed by atoms with Crippen molar-refractivity contribution in [3.05, 3.63) is 120 Å². The van der Waals surface area contributed by atoms with E-state index >= 15 is 0 Å². The summed E-state index contributed by atoms with van der Waals surface area (Å²) < 4.78 is 13.4. The van der Waals surface area contributed by atoms with Gasteiger partial charge < -0.3 is 25.0 Å². The molecule has 7 rings (SSSR count). The number of pyridine rings is 1. The minimum atomic E-state index is -0.392. The summed E-state index contributed by atoms with van der Waals surface area (Å²) in [5.41, 5.74) is 4.43. The van der Waals surface area contributed by atoms with E-state index in [-0.39, 0.29) is 29.7 Å². The number of likely N-dealkylation sites (tertiary alicyclic amines) is 1. The molecule has 0 unspecified atom stereocenters. The zero-order valence-electron chi connectivity index (χ0n) is 31.0. The van der Waals surface area contributed by atoms with Crippen LogP contribution in [0.2, 0.25) is 0 Å². The summed E-state index contributed by atoms with van der Waals surface area (Å²) in [5, 5.41) is 15.7. The predicted molar refractivity (Wildman–Crippen MR) is 209 cm³/mol. The number of benzene rings is 3. The monoisotopic (exact) mass is 725 g/mol. The lowest BCUT2D eigenvalue weighted by atomic mass is 9.92. The number of nitrogens with one attached hydrogen (secondary N) is 3. The molecule has 1 saturated heterocycles. The number of nitrogens with zero attached hydrogens (tertiary/aromatic N) is 6. The van der Waals surface area contributed by atoms with E-state index in [1.807, 2.05) is 85.8 Å². The Kier molecular flexibility index (Phi) is 10.2. The summed E-state index contributed by atoms with van der Waals surface area (Å²) in [6.45, 7) is 9.75. The predicted octanol–water partition coefficient (Wildman–Crippen LogP) is 7.64. The summed E-state index contributed by atoms with van der Waals surface area (Å²) in [7, 11) is 1.66. The smallest absolute Gasteiger partial charge is 0.324 e. The molecule has 3 aromatic carbocycles. The molecule has 0 spiro atoms. The minimum absolute atomic E-state index is 0.0500. The van der Waals surface area contributed by atoms with Gasteiger partial charge in [-0.15, -0.1) is 0 Å². The molecule has 13 nitrogen and oxygen atoms in total. The SMILES string of the molecule is CO[C@@H]1CCN(C(=O)c2cnc(Nc3cc(COc4ccc(NC(=O)Nc5cc(C(C)(C)C)nn5-c5ccc(C)cc5)c5ccccc45)ccn3)cn2)C1. The van der Waals surface area contributed by atoms with E-state index in [1.165, 1.54) is 12.4 Å². The summed E-state index contributed by atoms with van der Waals surface area (Å²) >= 11 is 0. The maximum Gasteiger partial charge on any atom is 0.324 e. The largest absolute Gasteiger partial charge is 0.488 e. The fourth-order valence-corrected chi connectivity index (χ4v) is 6.19. The van der Waals surface area contributed by atoms with Gasteiger partial charge in [-0.05, 0) is 55.3 Å². The number of methoxy groups -OCH3 is 1. The van der Waals surface area contributed by atoms with Crippen molar-refractivity contribution in [2.24, 2.45) is 0 Å². The lowest BCUT2D eigenvalue weighted by molar-refractivity contribution is 0.0718. The number of fused-ring (bicyclic) bond motifs is 1. The number of aryl methyl sites for hydroxylation is 1. The van der Waals surface area contributed by atoms with Crippen molar-refractivity contribution in [1.82, 2.24) is 29.6 Å². The molecular weight excluding hydrogens is 683 g/mol. The lowest BCUT2D eigenvalue weighted by Gasteiger charge is -2.15. The molecule has 6 aromatic rings. The molecule has 4 heterocycles. The molecule has 3 N–H and O–H groups in total. The van der Waals surface area contributed by atoms with Crippen LogP contribution in [0.15, 0.2) is 97.5 Å². The first kappa shape index (κ1) is 36.0. The van der Waals surface area contributed by atoms with Gasteiger partial charge in [-0.1, -0.05) is 62.7 Å². The zero-order chi connectivity index (χ0) is 37.8. The average molecular weight is 726 g/mol. The third kappa shape index (κ3) is 8.16. The van der Waals surface area contributed by atoms with Crippen LogP contribution in [0.4, 0.5) is 27.9 Å². The van der Waals surface area contributed by atoms with Gasteiger partial charge in [0.05, 0.1) is 35.6 Å². The third-order valence-electron chi connectivity index (χ3n) is 9.24. The minimum Gasteiger partial charge on any atom is -0.488 e. The van der Waals surface area contributed by atoms with E-state index in [9.17, 15) is 9.59 Å². The Morgan fingerprint density at radius 3 is 2.41 bits per heavy atom. The zero-order valence-corrected chi connectivity index (χ0v) is 31.0. The van der Waals surface area contributed by atoms with E-state index < -0.39 is 6.03 Å². The van der Waals surface area contributed by atoms with Crippen LogP contribution in [0.3, 0.4) is 0 Å². The second-order valence-electron chi connectivity index (χ2n) is 14.3. The van der Waals surface area contributed by atoms with Crippen molar-refractivity contribution in [2.75, 3.05) is 36.1 Å². The summed E-state index contributed by atoms with van der Waals surface area (Å²) in [6, 6.07) is 24.7. The molecule has 0 bridgehead atoms. The fraction of sp³-hybridized carbons (Fsp3) is 0.268. The molecule has 54 heavy (non-hydrogen) atoms. The maximum absolute atomic E-state index is 13.5. The Labute approximate surface area is 313 Å². The van der Waals surface area contributed by atoms with E-state index in [4.69, 9.17) is 14.6 Å². The molecule has 13 heteroatoms. The summed E-state index contributed by atoms with van der Waals surface area (Å²) in [5.74, 6) is 2.08. The highest BCUT2D eigenvalue weighted by Crippen LogP contribution is 2.33. The summed E-state index contributed by atoms with van der Waals surface area (Å²) in [4.78, 5) is 41.1. The van der Waals surface area contributed by atoms with Gasteiger partial charge in [0.15, 0.2) is 0 Å². The molecule has 1 atom stereocenters. The number of amides is 3. The van der Waals surface area contributed by atoms with E-state index in [0.29, 0.717) is 42.0 Å². The number of aromatic nitrogens is 5. The average Bonchev–Trinajstić information content (AvgIpc) is 3.83. The van der Waals surface area contributed by atoms with Crippen molar-refractivity contribution in [2.45, 2.75) is 52.2 Å². The highest BCUT2D eigenvalue weighted by molar-refractivity contribution is 6.07. The molecule has 3 amide bonds. The van der Waals surface area contributed by atoms with Gasteiger partial charge in [0.2, 0.25) is 0 Å². The molecule has 1 aliphatic rings. The van der Waals surface area contributed by atoms with Crippen molar-refractivity contribution in [1.29, 1.82) is 0 Å². The van der Waals surface area contributed by atoms with Crippen LogP contribution in [0, 0.1) is 6.92 Å². The van der Waals surface area contributed by atoms with E-state index in [0.717, 1.165) is 39.7 Å². The van der Waals surface area contributed by atoms with Crippen LogP contribution < -0.4 is 20.7 Å². The molecule has 276 valence electrons. The van der Waals surface area contributed by atoms with Gasteiger partial charge in [-0.2, -0.15) is 5.10 Å². The van der Waals surface area contributed by atoms with Crippen LogP contribution >= 0.6 is 0 Å². The van der Waals surface area contributed by atoms with Gasteiger partial charge >= 0.3 is 6.03 Å². The highest BCUT2D eigenvalue weighted by atomic mass is 16.5. The fourth-order valence-electron chi connectivity index (χ4n) is 6.19. The molecular formula is C41H43N9O4. The highest BCUT2D eigenvalue weighted by Gasteiger charge is 2.28. The number of hydrogen-bond donors (Lipinski definition) is 3. The topological polar surface area (TPSA) is 148 Å². The Morgan fingerprint density at radius 2 is 1.69 bits per heavy atom. The van der Waals surface area contributed by atoms with Crippen LogP contribution in [-0.4, -0.2) is 67.9 Å². The van der Waals surface area contributed by atoms with Crippen LogP contribution in [0.1, 0.15) is 54.5 Å². The lowest BCUT2D eigenvalue weighted by Crippen LogP contribution is -2.30. The molecule has 0 saturated carbocycles. The van der Waals surface area contributed by atoms with Gasteiger partial charge in [0, 0.05) is 48.6 Å². The van der Waals surface area contributed by atoms with Crippen LogP contribution in [-0.2, 0) is 16.8 Å². The summed E-state index contributed by atoms with van der Waals surface area (Å²) in [6.07, 6.45) is 5.53. The quantitative estimate of drug-likeness (QED) is 0.130. The number of carbonyl (C=O) groups excluding carboxylic acids is 2. The van der Waals surface area contributed by atoms with Crippen LogP contribution in [0.25, 0.3) is 16.5 Å². The number of anilines is 4. The van der Waals surface area contributed by atoms with Crippen molar-refractivity contribution >= 4 is 45.9 Å². The molecule has 0 aliphatic carbocycles. The molecule has 1 fully saturated rings. The normalized spacial score (nSPS) is 14.2. The number of rotatable bonds is 10. The van der Waals surface area contributed by atoms with E-state index in [1.54, 1.807) is 22.9 Å². The Morgan fingerprint density at radius 1 is 0.889 bits per heavy atom. The Balaban J connectivity index is 1.01. The first-order chi connectivity index (χ1) is 26.0. The van der Waals surface area contributed by atoms with Crippen molar-refractivity contribution < 1.29 is 19.1 Å². The van der Waals surface area contributed by atoms with Crippen molar-refractivity contribution in [3.63, 3.8) is 0 Å². The van der Waals surface area contributed by atoms with Gasteiger partial charge in [-0.25, -0.2) is 24.4 Å². The first-order valence-corrected chi connectivity index (χ1v) is 17.8. The first-order valence-electron chi connectivity index (χ1n) is 17.8. The standard InChI is InChI=1S/C41H43N9O4/c1-26-10-12-28(13-11-26)50-38(21-35(48-50)41(2,3)4)47-40(52)45-32-14-15-34(31-9-7-6-8-30(31)32)54-25-27-16-18-42-36(20-27)46-37-23-43-33(22-44-37)39(51)49-19-17-29(24-49)53-5/h6-16,18,20-23,29H,17,19,24-25H2,1-5H3,(H,42,44,46)(H2,45,47,52)/t29-/m1/s1. The molecule has 1 aliphatic heterocycles. The second-order valence-corrected chi connectivity index (χ2v) is 14.3. The number of urea groups is 1. The Hall–Kier alpha value is -6.34. The van der Waals surface area contributed by atoms with Crippen LogP contribution in [0.5, 0.6) is 5.75 Å². The van der Waals surface area contributed by atoms with Gasteiger partial charge in [-0.3, -0.25) is 10.1 Å². The Bertz CT molecular complexity index is 2280. The third-order valence-corrected chi connectivity index (χ3v) is 9.24. The van der Waals surface area contributed by atoms with Crippen molar-refractivity contribution in [3.8, 4) is 11.4 Å². The number of carbonyl (C=O) groups is 2.